The third-order valence-electron chi connectivity index (χ3n) is 1.93. The molecule has 0 bridgehead atoms. The van der Waals surface area contributed by atoms with Crippen molar-refractivity contribution in [1.82, 2.24) is 5.32 Å². The van der Waals surface area contributed by atoms with Crippen LogP contribution in [0.4, 0.5) is 0 Å². The van der Waals surface area contributed by atoms with Crippen LogP contribution in [0.3, 0.4) is 0 Å². The van der Waals surface area contributed by atoms with E-state index in [0.29, 0.717) is 0 Å². The smallest absolute Gasteiger partial charge is 0.0346 e. The van der Waals surface area contributed by atoms with Gasteiger partial charge in [-0.05, 0) is 55.4 Å². The fourth-order valence-corrected chi connectivity index (χ4v) is 3.11. The van der Waals surface area contributed by atoms with Crippen LogP contribution in [0.15, 0.2) is 4.47 Å². The number of nitrogens with one attached hydrogen (secondary N) is 1. The normalized spacial score (nSPS) is 10.7. The molecule has 1 aromatic rings. The topological polar surface area (TPSA) is 12.0 Å². The molecule has 1 N–H and O–H groups in total. The van der Waals surface area contributed by atoms with Gasteiger partial charge < -0.3 is 5.32 Å². The third kappa shape index (κ3) is 2.09. The van der Waals surface area contributed by atoms with Gasteiger partial charge in [0.2, 0.25) is 0 Å². The highest BCUT2D eigenvalue weighted by Gasteiger charge is 2.09. The molecule has 0 unspecified atom stereocenters. The number of hydrogen-bond donors (Lipinski definition) is 1. The average Bonchev–Trinajstić information content (AvgIpc) is 2.25. The van der Waals surface area contributed by atoms with Crippen molar-refractivity contribution in [2.75, 3.05) is 13.6 Å². The van der Waals surface area contributed by atoms with Crippen molar-refractivity contribution in [1.29, 1.82) is 0 Å². The van der Waals surface area contributed by atoms with E-state index < -0.39 is 0 Å². The van der Waals surface area contributed by atoms with Crippen LogP contribution < -0.4 is 5.32 Å². The van der Waals surface area contributed by atoms with Crippen LogP contribution in [0.2, 0.25) is 0 Å². The van der Waals surface area contributed by atoms with Crippen molar-refractivity contribution in [2.45, 2.75) is 20.3 Å². The summed E-state index contributed by atoms with van der Waals surface area (Å²) in [4.78, 5) is 2.83. The summed E-state index contributed by atoms with van der Waals surface area (Å²) in [5, 5.41) is 3.16. The second-order valence-electron chi connectivity index (χ2n) is 2.86. The highest BCUT2D eigenvalue weighted by atomic mass is 79.9. The van der Waals surface area contributed by atoms with E-state index in [9.17, 15) is 0 Å². The summed E-state index contributed by atoms with van der Waals surface area (Å²) in [5.74, 6) is 0. The first-order chi connectivity index (χ1) is 5.66. The Morgan fingerprint density at radius 3 is 2.42 bits per heavy atom. The second kappa shape index (κ2) is 4.40. The van der Waals surface area contributed by atoms with Gasteiger partial charge in [-0.25, -0.2) is 0 Å². The zero-order valence-electron chi connectivity index (χ0n) is 7.70. The number of halogens is 1. The van der Waals surface area contributed by atoms with Crippen molar-refractivity contribution in [3.8, 4) is 0 Å². The highest BCUT2D eigenvalue weighted by Crippen LogP contribution is 2.32. The minimum Gasteiger partial charge on any atom is -0.319 e. The second-order valence-corrected chi connectivity index (χ2v) is 5.08. The van der Waals surface area contributed by atoms with E-state index >= 15 is 0 Å². The van der Waals surface area contributed by atoms with Gasteiger partial charge in [-0.3, -0.25) is 0 Å². The minimum atomic E-state index is 1.05. The average molecular weight is 248 g/mol. The predicted octanol–water partition coefficient (Wildman–Crippen LogP) is 2.89. The molecule has 0 atom stereocenters. The lowest BCUT2D eigenvalue weighted by Gasteiger charge is -2.00. The summed E-state index contributed by atoms with van der Waals surface area (Å²) in [6, 6.07) is 0. The Balaban J connectivity index is 2.82. The van der Waals surface area contributed by atoms with Gasteiger partial charge in [-0.15, -0.1) is 11.3 Å². The first kappa shape index (κ1) is 10.2. The van der Waals surface area contributed by atoms with Gasteiger partial charge in [0.15, 0.2) is 0 Å². The summed E-state index contributed by atoms with van der Waals surface area (Å²) < 4.78 is 1.31. The highest BCUT2D eigenvalue weighted by molar-refractivity contribution is 9.10. The van der Waals surface area contributed by atoms with Crippen molar-refractivity contribution in [3.05, 3.63) is 19.8 Å². The van der Waals surface area contributed by atoms with E-state index in [4.69, 9.17) is 0 Å². The standard InChI is InChI=1S/C9H14BrNS/c1-6-8(4-5-11-3)9(10)7(2)12-6/h11H,4-5H2,1-3H3. The third-order valence-corrected chi connectivity index (χ3v) is 4.33. The van der Waals surface area contributed by atoms with Crippen LogP contribution >= 0.6 is 27.3 Å². The van der Waals surface area contributed by atoms with Crippen LogP contribution in [0.1, 0.15) is 15.3 Å². The lowest BCUT2D eigenvalue weighted by Crippen LogP contribution is -2.10. The molecule has 0 fully saturated rings. The largest absolute Gasteiger partial charge is 0.319 e. The number of likely N-dealkylation sites (N-methyl/N-ethyl adjacent to an activating group) is 1. The van der Waals surface area contributed by atoms with E-state index in [1.165, 1.54) is 19.8 Å². The van der Waals surface area contributed by atoms with Crippen molar-refractivity contribution >= 4 is 27.3 Å². The molecule has 0 spiro atoms. The molecule has 1 nitrogen and oxygen atoms in total. The van der Waals surface area contributed by atoms with E-state index in [0.717, 1.165) is 13.0 Å². The number of hydrogen-bond acceptors (Lipinski definition) is 2. The molecule has 1 aromatic heterocycles. The summed E-state index contributed by atoms with van der Waals surface area (Å²) >= 11 is 5.49. The summed E-state index contributed by atoms with van der Waals surface area (Å²) in [7, 11) is 1.99. The maximum atomic E-state index is 3.61. The van der Waals surface area contributed by atoms with Crippen molar-refractivity contribution in [3.63, 3.8) is 0 Å². The molecule has 3 heteroatoms. The molecular weight excluding hydrogens is 234 g/mol. The van der Waals surface area contributed by atoms with E-state index in [1.807, 2.05) is 18.4 Å². The summed E-state index contributed by atoms with van der Waals surface area (Å²) in [5.41, 5.74) is 1.46. The maximum Gasteiger partial charge on any atom is 0.0346 e. The van der Waals surface area contributed by atoms with Gasteiger partial charge in [0.05, 0.1) is 0 Å². The Morgan fingerprint density at radius 2 is 2.00 bits per heavy atom. The molecule has 12 heavy (non-hydrogen) atoms. The van der Waals surface area contributed by atoms with Gasteiger partial charge in [0.1, 0.15) is 0 Å². The Hall–Kier alpha value is 0.140. The fourth-order valence-electron chi connectivity index (χ4n) is 1.24. The first-order valence-electron chi connectivity index (χ1n) is 4.05. The Bertz CT molecular complexity index is 268. The molecule has 1 heterocycles. The molecule has 0 aliphatic rings. The van der Waals surface area contributed by atoms with Gasteiger partial charge in [-0.1, -0.05) is 0 Å². The Morgan fingerprint density at radius 1 is 1.33 bits per heavy atom. The molecule has 1 rings (SSSR count). The van der Waals surface area contributed by atoms with Gasteiger partial charge >= 0.3 is 0 Å². The van der Waals surface area contributed by atoms with Crippen molar-refractivity contribution < 1.29 is 0 Å². The van der Waals surface area contributed by atoms with E-state index in [2.05, 4.69) is 35.1 Å². The quantitative estimate of drug-likeness (QED) is 0.867. The van der Waals surface area contributed by atoms with Crippen LogP contribution in [-0.2, 0) is 6.42 Å². The summed E-state index contributed by atoms with van der Waals surface area (Å²) in [6.07, 6.45) is 1.12. The zero-order chi connectivity index (χ0) is 9.14. The zero-order valence-corrected chi connectivity index (χ0v) is 10.1. The molecule has 68 valence electrons. The number of thiophene rings is 1. The van der Waals surface area contributed by atoms with E-state index in [-0.39, 0.29) is 0 Å². The van der Waals surface area contributed by atoms with Crippen LogP contribution in [0.25, 0.3) is 0 Å². The monoisotopic (exact) mass is 247 g/mol. The molecule has 0 saturated carbocycles. The Labute approximate surface area is 86.3 Å². The minimum absolute atomic E-state index is 1.05. The SMILES string of the molecule is CNCCc1c(C)sc(C)c1Br. The fraction of sp³-hybridized carbons (Fsp3) is 0.556. The molecule has 0 aliphatic heterocycles. The van der Waals surface area contributed by atoms with E-state index in [1.54, 1.807) is 0 Å². The summed E-state index contributed by atoms with van der Waals surface area (Å²) in [6.45, 7) is 5.40. The molecule has 0 saturated heterocycles. The van der Waals surface area contributed by atoms with Gasteiger partial charge in [0.25, 0.3) is 0 Å². The molecule has 0 aliphatic carbocycles. The molecular formula is C9H14BrNS. The molecule has 0 amide bonds. The molecule has 0 radical (unpaired) electrons. The Kier molecular flexibility index (Phi) is 3.75. The molecule has 0 aromatic carbocycles. The van der Waals surface area contributed by atoms with Crippen molar-refractivity contribution in [2.24, 2.45) is 0 Å². The first-order valence-corrected chi connectivity index (χ1v) is 5.66. The predicted molar refractivity (Wildman–Crippen MR) is 59.1 cm³/mol. The van der Waals surface area contributed by atoms with Crippen LogP contribution in [0.5, 0.6) is 0 Å². The lowest BCUT2D eigenvalue weighted by molar-refractivity contribution is 0.789. The van der Waals surface area contributed by atoms with Crippen LogP contribution in [-0.4, -0.2) is 13.6 Å². The number of aryl methyl sites for hydroxylation is 2. The van der Waals surface area contributed by atoms with Gasteiger partial charge in [-0.2, -0.15) is 0 Å². The van der Waals surface area contributed by atoms with Gasteiger partial charge in [0, 0.05) is 14.2 Å². The number of rotatable bonds is 3. The van der Waals surface area contributed by atoms with Crippen LogP contribution in [0, 0.1) is 13.8 Å². The maximum absolute atomic E-state index is 3.61. The lowest BCUT2D eigenvalue weighted by atomic mass is 10.2.